The molecule has 3 rings (SSSR count). The number of thiazole rings is 1. The van der Waals surface area contributed by atoms with E-state index in [9.17, 15) is 9.59 Å². The fourth-order valence-corrected chi connectivity index (χ4v) is 3.36. The average Bonchev–Trinajstić information content (AvgIpc) is 3.00. The normalized spacial score (nSPS) is 10.7. The van der Waals surface area contributed by atoms with Crippen LogP contribution in [-0.4, -0.2) is 15.3 Å². The van der Waals surface area contributed by atoms with E-state index in [-0.39, 0.29) is 17.9 Å². The first-order chi connectivity index (χ1) is 11.1. The van der Waals surface area contributed by atoms with E-state index in [2.05, 4.69) is 20.9 Å². The highest BCUT2D eigenvalue weighted by molar-refractivity contribution is 9.10. The van der Waals surface area contributed by atoms with Crippen molar-refractivity contribution >= 4 is 33.0 Å². The molecule has 3 aromatic rings. The smallest absolute Gasteiger partial charge is 0.251 e. The first kappa shape index (κ1) is 15.8. The van der Waals surface area contributed by atoms with Crippen molar-refractivity contribution in [3.8, 4) is 0 Å². The lowest BCUT2D eigenvalue weighted by Gasteiger charge is -2.03. The Morgan fingerprint density at radius 2 is 1.96 bits per heavy atom. The number of halogens is 1. The molecule has 0 aliphatic heterocycles. The second-order valence-corrected chi connectivity index (χ2v) is 6.88. The molecule has 0 spiro atoms. The number of hydrogen-bond donors (Lipinski definition) is 0. The van der Waals surface area contributed by atoms with Crippen molar-refractivity contribution in [2.24, 2.45) is 0 Å². The van der Waals surface area contributed by atoms with E-state index < -0.39 is 0 Å². The lowest BCUT2D eigenvalue weighted by Crippen LogP contribution is -2.23. The van der Waals surface area contributed by atoms with Crippen LogP contribution in [0.5, 0.6) is 0 Å². The molecule has 0 saturated carbocycles. The summed E-state index contributed by atoms with van der Waals surface area (Å²) in [6.07, 6.45) is 2.31. The zero-order valence-electron chi connectivity index (χ0n) is 12.1. The van der Waals surface area contributed by atoms with Crippen LogP contribution in [0, 0.1) is 0 Å². The van der Waals surface area contributed by atoms with Crippen LogP contribution in [0.2, 0.25) is 0 Å². The Balaban J connectivity index is 1.73. The fraction of sp³-hybridized carbons (Fsp3) is 0.118. The molecule has 0 saturated heterocycles. The molecule has 2 heterocycles. The van der Waals surface area contributed by atoms with Crippen molar-refractivity contribution in [1.29, 1.82) is 0 Å². The maximum atomic E-state index is 12.3. The van der Waals surface area contributed by atoms with Gasteiger partial charge in [-0.1, -0.05) is 30.3 Å². The number of aromatic nitrogens is 2. The number of Topliss-reactive ketones (excluding diaryl/α,β-unsaturated/α-hetero) is 1. The first-order valence-electron chi connectivity index (χ1n) is 6.99. The average molecular weight is 389 g/mol. The molecule has 0 unspecified atom stereocenters. The van der Waals surface area contributed by atoms with E-state index in [0.29, 0.717) is 12.1 Å². The number of hydrogen-bond acceptors (Lipinski definition) is 4. The van der Waals surface area contributed by atoms with E-state index in [1.54, 1.807) is 17.6 Å². The van der Waals surface area contributed by atoms with Gasteiger partial charge in [0.05, 0.1) is 11.6 Å². The Labute approximate surface area is 145 Å². The molecule has 23 heavy (non-hydrogen) atoms. The van der Waals surface area contributed by atoms with Crippen molar-refractivity contribution in [3.05, 3.63) is 85.1 Å². The molecule has 4 nitrogen and oxygen atoms in total. The summed E-state index contributed by atoms with van der Waals surface area (Å²) in [5.74, 6) is -0.166. The lowest BCUT2D eigenvalue weighted by atomic mass is 10.2. The van der Waals surface area contributed by atoms with Gasteiger partial charge in [-0.2, -0.15) is 0 Å². The largest absolute Gasteiger partial charge is 0.307 e. The van der Waals surface area contributed by atoms with Crippen LogP contribution in [0.4, 0.5) is 0 Å². The van der Waals surface area contributed by atoms with Crippen LogP contribution in [-0.2, 0) is 13.0 Å². The predicted molar refractivity (Wildman–Crippen MR) is 94.1 cm³/mol. The summed E-state index contributed by atoms with van der Waals surface area (Å²) in [7, 11) is 0. The number of carbonyl (C=O) groups excluding carboxylic acids is 1. The highest BCUT2D eigenvalue weighted by atomic mass is 79.9. The van der Waals surface area contributed by atoms with Crippen LogP contribution >= 0.6 is 27.3 Å². The van der Waals surface area contributed by atoms with Gasteiger partial charge in [-0.15, -0.1) is 11.3 Å². The molecule has 0 N–H and O–H groups in total. The van der Waals surface area contributed by atoms with Crippen molar-refractivity contribution in [1.82, 2.24) is 9.55 Å². The van der Waals surface area contributed by atoms with Gasteiger partial charge >= 0.3 is 0 Å². The van der Waals surface area contributed by atoms with Gasteiger partial charge in [0.2, 0.25) is 5.78 Å². The molecule has 0 amide bonds. The molecular formula is C17H13BrN2O2S. The highest BCUT2D eigenvalue weighted by Gasteiger charge is 2.12. The topological polar surface area (TPSA) is 52.0 Å². The minimum Gasteiger partial charge on any atom is -0.307 e. The molecular weight excluding hydrogens is 376 g/mol. The van der Waals surface area contributed by atoms with Crippen LogP contribution in [0.25, 0.3) is 0 Å². The van der Waals surface area contributed by atoms with Gasteiger partial charge in [0.1, 0.15) is 5.69 Å². The number of benzene rings is 1. The lowest BCUT2D eigenvalue weighted by molar-refractivity contribution is 0.0966. The van der Waals surface area contributed by atoms with Crippen molar-refractivity contribution in [2.45, 2.75) is 13.0 Å². The Hall–Kier alpha value is -2.05. The maximum Gasteiger partial charge on any atom is 0.251 e. The van der Waals surface area contributed by atoms with E-state index in [1.165, 1.54) is 22.0 Å². The van der Waals surface area contributed by atoms with Gasteiger partial charge in [0, 0.05) is 28.5 Å². The molecule has 0 aliphatic rings. The third kappa shape index (κ3) is 4.03. The van der Waals surface area contributed by atoms with Crippen LogP contribution in [0.3, 0.4) is 0 Å². The Bertz CT molecular complexity index is 887. The number of rotatable bonds is 5. The zero-order valence-corrected chi connectivity index (χ0v) is 14.5. The quantitative estimate of drug-likeness (QED) is 0.628. The van der Waals surface area contributed by atoms with E-state index in [4.69, 9.17) is 0 Å². The van der Waals surface area contributed by atoms with Gasteiger partial charge in [-0.3, -0.25) is 9.59 Å². The first-order valence-corrected chi connectivity index (χ1v) is 8.66. The number of pyridine rings is 1. The molecule has 0 atom stereocenters. The predicted octanol–water partition coefficient (Wildman–Crippen LogP) is 3.54. The molecule has 1 aromatic carbocycles. The summed E-state index contributed by atoms with van der Waals surface area (Å²) in [6.45, 7) is -0.00716. The molecule has 116 valence electrons. The van der Waals surface area contributed by atoms with E-state index in [0.717, 1.165) is 15.0 Å². The number of ketones is 1. The molecule has 2 aromatic heterocycles. The molecule has 0 aliphatic carbocycles. The third-order valence-corrected chi connectivity index (χ3v) is 4.61. The molecule has 6 heteroatoms. The van der Waals surface area contributed by atoms with Crippen molar-refractivity contribution < 1.29 is 4.79 Å². The summed E-state index contributed by atoms with van der Waals surface area (Å²) in [5, 5.41) is 2.64. The molecule has 0 fully saturated rings. The highest BCUT2D eigenvalue weighted by Crippen LogP contribution is 2.15. The summed E-state index contributed by atoms with van der Waals surface area (Å²) in [6, 6.07) is 13.1. The standard InChI is InChI=1S/C17H13BrN2O2S/c18-13-6-7-17(22)20(9-13)10-15(21)14-11-23-16(19-14)8-12-4-2-1-3-5-12/h1-7,9,11H,8,10H2. The second-order valence-electron chi connectivity index (χ2n) is 5.03. The van der Waals surface area contributed by atoms with E-state index >= 15 is 0 Å². The van der Waals surface area contributed by atoms with Crippen LogP contribution in [0.15, 0.2) is 63.3 Å². The Morgan fingerprint density at radius 3 is 2.74 bits per heavy atom. The number of carbonyl (C=O) groups is 1. The Kier molecular flexibility index (Phi) is 4.83. The van der Waals surface area contributed by atoms with Crippen molar-refractivity contribution in [2.75, 3.05) is 0 Å². The SMILES string of the molecule is O=C(Cn1cc(Br)ccc1=O)c1csc(Cc2ccccc2)n1. The minimum atomic E-state index is -0.207. The van der Waals surface area contributed by atoms with Gasteiger partial charge in [0.25, 0.3) is 5.56 Å². The molecule has 0 bridgehead atoms. The summed E-state index contributed by atoms with van der Waals surface area (Å²) >= 11 is 4.76. The monoisotopic (exact) mass is 388 g/mol. The van der Waals surface area contributed by atoms with E-state index in [1.807, 2.05) is 30.3 Å². The zero-order chi connectivity index (χ0) is 16.2. The maximum absolute atomic E-state index is 12.3. The second kappa shape index (κ2) is 7.02. The molecule has 0 radical (unpaired) electrons. The Morgan fingerprint density at radius 1 is 1.17 bits per heavy atom. The minimum absolute atomic E-state index is 0.00716. The van der Waals surface area contributed by atoms with Gasteiger partial charge < -0.3 is 4.57 Å². The van der Waals surface area contributed by atoms with Crippen molar-refractivity contribution in [3.63, 3.8) is 0 Å². The third-order valence-electron chi connectivity index (χ3n) is 3.30. The fourth-order valence-electron chi connectivity index (χ4n) is 2.15. The van der Waals surface area contributed by atoms with Crippen LogP contribution < -0.4 is 5.56 Å². The summed E-state index contributed by atoms with van der Waals surface area (Å²) in [4.78, 5) is 28.5. The van der Waals surface area contributed by atoms with Gasteiger partial charge in [-0.25, -0.2) is 4.98 Å². The summed E-state index contributed by atoms with van der Waals surface area (Å²) in [5.41, 5.74) is 1.36. The van der Waals surface area contributed by atoms with Gasteiger partial charge in [-0.05, 0) is 27.6 Å². The number of nitrogens with zero attached hydrogens (tertiary/aromatic N) is 2. The van der Waals surface area contributed by atoms with Gasteiger partial charge in [0.15, 0.2) is 0 Å². The van der Waals surface area contributed by atoms with Crippen LogP contribution in [0.1, 0.15) is 21.1 Å². The summed E-state index contributed by atoms with van der Waals surface area (Å²) < 4.78 is 2.13.